The van der Waals surface area contributed by atoms with Crippen LogP contribution in [0.15, 0.2) is 54.6 Å². The predicted octanol–water partition coefficient (Wildman–Crippen LogP) is 4.77. The molecule has 3 aliphatic rings. The van der Waals surface area contributed by atoms with Gasteiger partial charge in [0.25, 0.3) is 5.91 Å². The van der Waals surface area contributed by atoms with Crippen LogP contribution >= 0.6 is 0 Å². The first-order valence-corrected chi connectivity index (χ1v) is 16.1. The zero-order valence-electron chi connectivity index (χ0n) is 26.1. The number of carbonyl (C=O) groups is 3. The molecule has 2 bridgehead atoms. The molecule has 2 N–H and O–H groups in total. The van der Waals surface area contributed by atoms with E-state index in [0.29, 0.717) is 38.5 Å². The van der Waals surface area contributed by atoms with Gasteiger partial charge >= 0.3 is 11.8 Å². The maximum atomic E-state index is 14.0. The zero-order chi connectivity index (χ0) is 31.1. The van der Waals surface area contributed by atoms with Crippen LogP contribution in [0.1, 0.15) is 78.2 Å². The van der Waals surface area contributed by atoms with Crippen molar-refractivity contribution >= 4 is 17.7 Å². The Bertz CT molecular complexity index is 1170. The second-order valence-electron chi connectivity index (χ2n) is 12.8. The summed E-state index contributed by atoms with van der Waals surface area (Å²) in [7, 11) is 0. The quantitative estimate of drug-likeness (QED) is 0.293. The summed E-state index contributed by atoms with van der Waals surface area (Å²) >= 11 is 0. The molecule has 1 amide bonds. The van der Waals surface area contributed by atoms with Gasteiger partial charge in [-0.25, -0.2) is 4.79 Å². The highest BCUT2D eigenvalue weighted by Crippen LogP contribution is 2.36. The van der Waals surface area contributed by atoms with E-state index in [-0.39, 0.29) is 18.4 Å². The smallest absolute Gasteiger partial charge is 0.329 e. The summed E-state index contributed by atoms with van der Waals surface area (Å²) in [6.07, 6.45) is 10.5. The Morgan fingerprint density at radius 1 is 1.02 bits per heavy atom. The third-order valence-corrected chi connectivity index (χ3v) is 9.63. The lowest BCUT2D eigenvalue weighted by atomic mass is 9.85. The summed E-state index contributed by atoms with van der Waals surface area (Å²) in [6, 6.07) is 9.14. The summed E-state index contributed by atoms with van der Waals surface area (Å²) in [5.74, 6) is -6.06. The Morgan fingerprint density at radius 2 is 1.77 bits per heavy atom. The third-order valence-electron chi connectivity index (χ3n) is 9.63. The van der Waals surface area contributed by atoms with Crippen LogP contribution in [-0.4, -0.2) is 69.5 Å². The average molecular weight is 596 g/mol. The lowest BCUT2D eigenvalue weighted by molar-refractivity contribution is -0.236. The van der Waals surface area contributed by atoms with Crippen LogP contribution in [-0.2, 0) is 30.3 Å². The highest BCUT2D eigenvalue weighted by atomic mass is 16.6. The van der Waals surface area contributed by atoms with Crippen molar-refractivity contribution < 1.29 is 34.1 Å². The number of ether oxygens (including phenoxy) is 2. The van der Waals surface area contributed by atoms with Crippen molar-refractivity contribution in [3.63, 3.8) is 0 Å². The van der Waals surface area contributed by atoms with Crippen LogP contribution in [0.3, 0.4) is 0 Å². The largest absolute Gasteiger partial charge is 0.456 e. The Hall–Kier alpha value is -2.81. The van der Waals surface area contributed by atoms with Crippen LogP contribution in [0.25, 0.3) is 0 Å². The number of fused-ring (bicyclic) bond motifs is 3. The van der Waals surface area contributed by atoms with Gasteiger partial charge in [0.2, 0.25) is 5.78 Å². The molecule has 43 heavy (non-hydrogen) atoms. The molecule has 1 aromatic rings. The molecule has 0 spiro atoms. The molecule has 1 unspecified atom stereocenters. The maximum Gasteiger partial charge on any atom is 0.329 e. The van der Waals surface area contributed by atoms with E-state index in [1.54, 1.807) is 6.92 Å². The van der Waals surface area contributed by atoms with Gasteiger partial charge < -0.3 is 24.6 Å². The summed E-state index contributed by atoms with van der Waals surface area (Å²) in [6.45, 7) is 7.75. The molecule has 9 atom stereocenters. The van der Waals surface area contributed by atoms with Gasteiger partial charge in [-0.1, -0.05) is 76.3 Å². The number of hydrogen-bond donors (Lipinski definition) is 2. The Labute approximate surface area is 256 Å². The summed E-state index contributed by atoms with van der Waals surface area (Å²) in [4.78, 5) is 42.5. The van der Waals surface area contributed by atoms with Gasteiger partial charge in [0.05, 0.1) is 12.2 Å². The van der Waals surface area contributed by atoms with Crippen molar-refractivity contribution in [2.75, 3.05) is 6.54 Å². The molecule has 3 aliphatic heterocycles. The lowest BCUT2D eigenvalue weighted by Gasteiger charge is -2.37. The fourth-order valence-electron chi connectivity index (χ4n) is 6.68. The number of allylic oxidation sites excluding steroid dienone is 3. The molecule has 3 heterocycles. The van der Waals surface area contributed by atoms with E-state index in [9.17, 15) is 24.6 Å². The Kier molecular flexibility index (Phi) is 11.4. The van der Waals surface area contributed by atoms with Crippen LogP contribution < -0.4 is 0 Å². The number of benzene rings is 1. The Morgan fingerprint density at radius 3 is 2.49 bits per heavy atom. The summed E-state index contributed by atoms with van der Waals surface area (Å²) < 4.78 is 12.2. The van der Waals surface area contributed by atoms with Crippen molar-refractivity contribution in [2.24, 2.45) is 23.7 Å². The summed E-state index contributed by atoms with van der Waals surface area (Å²) in [5.41, 5.74) is 1.15. The molecule has 0 aliphatic carbocycles. The molecule has 1 aromatic carbocycles. The molecule has 236 valence electrons. The number of cyclic esters (lactones) is 1. The SMILES string of the molecule is CC[C@H](Cc1ccccc1)[C@@H]1/C=C\C/C=C\C[C@@H](C)[C@H](O)[C@@H](C)[C@@H]2CC[C@@H](C)C(=O)C(O)(O2)C(=O)N2CCC[C@H]2C(=O)O1. The molecular weight excluding hydrogens is 546 g/mol. The molecule has 8 heteroatoms. The van der Waals surface area contributed by atoms with Crippen molar-refractivity contribution in [1.82, 2.24) is 4.90 Å². The number of aliphatic hydroxyl groups excluding tert-OH is 1. The summed E-state index contributed by atoms with van der Waals surface area (Å²) in [5, 5.41) is 22.9. The van der Waals surface area contributed by atoms with Gasteiger partial charge in [-0.05, 0) is 68.9 Å². The monoisotopic (exact) mass is 595 g/mol. The predicted molar refractivity (Wildman–Crippen MR) is 164 cm³/mol. The standard InChI is InChI=1S/C35H49NO7/c1-5-27(22-26-15-10-8-11-16-26)30-18-12-7-6-9-14-23(2)31(37)25(4)29-20-19-24(3)32(38)35(41,43-29)34(40)36-21-13-17-28(36)33(39)42-30/h6,8-12,15-16,18,23-25,27-31,37,41H,5,7,13-14,17,19-22H2,1-4H3/b9-6-,18-12-/t23-,24-,25+,27-,28+,29+,30+,31+,35?/m1/s1. The molecular formula is C35H49NO7. The van der Waals surface area contributed by atoms with Crippen LogP contribution in [0, 0.1) is 23.7 Å². The van der Waals surface area contributed by atoms with Gasteiger partial charge in [0, 0.05) is 24.3 Å². The lowest BCUT2D eigenvalue weighted by Crippen LogP contribution is -2.60. The second kappa shape index (κ2) is 14.8. The molecule has 2 saturated heterocycles. The van der Waals surface area contributed by atoms with Gasteiger partial charge in [-0.2, -0.15) is 0 Å². The van der Waals surface area contributed by atoms with Crippen LogP contribution in [0.5, 0.6) is 0 Å². The van der Waals surface area contributed by atoms with E-state index in [2.05, 4.69) is 19.1 Å². The molecule has 0 saturated carbocycles. The fraction of sp³-hybridized carbons (Fsp3) is 0.629. The zero-order valence-corrected chi connectivity index (χ0v) is 26.1. The van der Waals surface area contributed by atoms with E-state index in [1.165, 1.54) is 4.90 Å². The normalized spacial score (nSPS) is 36.9. The highest BCUT2D eigenvalue weighted by Gasteiger charge is 2.56. The Balaban J connectivity index is 1.68. The highest BCUT2D eigenvalue weighted by molar-refractivity contribution is 6.09. The number of Topliss-reactive ketones (excluding diaryl/α,β-unsaturated/α-hetero) is 1. The fourth-order valence-corrected chi connectivity index (χ4v) is 6.68. The van der Waals surface area contributed by atoms with E-state index in [1.807, 2.05) is 56.4 Å². The van der Waals surface area contributed by atoms with E-state index >= 15 is 0 Å². The van der Waals surface area contributed by atoms with Crippen molar-refractivity contribution in [3.8, 4) is 0 Å². The first-order valence-electron chi connectivity index (χ1n) is 16.1. The second-order valence-corrected chi connectivity index (χ2v) is 12.8. The topological polar surface area (TPSA) is 113 Å². The number of rotatable bonds is 4. The van der Waals surface area contributed by atoms with Crippen molar-refractivity contribution in [1.29, 1.82) is 0 Å². The number of carbonyl (C=O) groups excluding carboxylic acids is 3. The minimum absolute atomic E-state index is 0.0111. The number of nitrogens with zero attached hydrogens (tertiary/aromatic N) is 1. The molecule has 8 nitrogen and oxygen atoms in total. The average Bonchev–Trinajstić information content (AvgIpc) is 3.47. The van der Waals surface area contributed by atoms with E-state index < -0.39 is 59.6 Å². The number of esters is 1. The van der Waals surface area contributed by atoms with Crippen molar-refractivity contribution in [3.05, 3.63) is 60.2 Å². The minimum atomic E-state index is -2.73. The minimum Gasteiger partial charge on any atom is -0.456 e. The first kappa shape index (κ1) is 33.1. The van der Waals surface area contributed by atoms with Gasteiger partial charge in [0.1, 0.15) is 12.1 Å². The molecule has 0 radical (unpaired) electrons. The van der Waals surface area contributed by atoms with Gasteiger partial charge in [-0.3, -0.25) is 9.59 Å². The number of ketones is 1. The van der Waals surface area contributed by atoms with Crippen LogP contribution in [0.4, 0.5) is 0 Å². The van der Waals surface area contributed by atoms with Gasteiger partial charge in [-0.15, -0.1) is 0 Å². The van der Waals surface area contributed by atoms with Crippen molar-refractivity contribution in [2.45, 2.75) is 109 Å². The number of amides is 1. The van der Waals surface area contributed by atoms with E-state index in [4.69, 9.17) is 9.47 Å². The number of aliphatic hydroxyl groups is 2. The van der Waals surface area contributed by atoms with Crippen LogP contribution in [0.2, 0.25) is 0 Å². The van der Waals surface area contributed by atoms with Gasteiger partial charge in [0.15, 0.2) is 0 Å². The molecule has 4 rings (SSSR count). The maximum absolute atomic E-state index is 14.0. The molecule has 0 aromatic heterocycles. The number of hydrogen-bond acceptors (Lipinski definition) is 7. The third kappa shape index (κ3) is 7.65. The van der Waals surface area contributed by atoms with E-state index in [0.717, 1.165) is 18.4 Å². The molecule has 2 fully saturated rings. The first-order chi connectivity index (χ1) is 20.6.